The molecule has 10 heteroatoms. The van der Waals surface area contributed by atoms with Gasteiger partial charge in [-0.3, -0.25) is 0 Å². The minimum Gasteiger partial charge on any atom is -0.438 e. The fourth-order valence-electron chi connectivity index (χ4n) is 3.11. The highest BCUT2D eigenvalue weighted by molar-refractivity contribution is 9.10. The van der Waals surface area contributed by atoms with Crippen molar-refractivity contribution in [2.75, 3.05) is 23.0 Å². The van der Waals surface area contributed by atoms with Gasteiger partial charge in [-0.15, -0.1) is 0 Å². The number of ether oxygens (including phenoxy) is 1. The van der Waals surface area contributed by atoms with Gasteiger partial charge in [-0.1, -0.05) is 0 Å². The molecule has 4 rings (SSSR count). The van der Waals surface area contributed by atoms with Gasteiger partial charge in [0.15, 0.2) is 0 Å². The Kier molecular flexibility index (Phi) is 6.98. The molecule has 0 atom stereocenters. The zero-order chi connectivity index (χ0) is 24.1. The van der Waals surface area contributed by atoms with E-state index in [2.05, 4.69) is 46.8 Å². The standard InChI is InChI=1S/C24H20BrFN6O2/c1-14-12-16(6-8-20(14)32-24(33)30-15-5-7-18(25)19(26)13-15)34-22-17(4-3-10-28-22)21-9-11-29-23(27-2)31-21/h3-13H,1-2H3,(H,27,29,31)(H2,30,32,33). The molecule has 0 bridgehead atoms. The Balaban J connectivity index is 1.49. The Hall–Kier alpha value is -4.05. The van der Waals surface area contributed by atoms with Gasteiger partial charge in [0, 0.05) is 30.8 Å². The van der Waals surface area contributed by atoms with Gasteiger partial charge in [-0.25, -0.2) is 24.1 Å². The molecule has 2 amide bonds. The van der Waals surface area contributed by atoms with Crippen molar-refractivity contribution in [3.8, 4) is 22.9 Å². The molecule has 2 aromatic carbocycles. The third kappa shape index (κ3) is 5.46. The largest absolute Gasteiger partial charge is 0.438 e. The third-order valence-electron chi connectivity index (χ3n) is 4.76. The number of amides is 2. The SMILES string of the molecule is CNc1nccc(-c2cccnc2Oc2ccc(NC(=O)Nc3ccc(Br)c(F)c3)c(C)c2)n1. The number of hydrogen-bond donors (Lipinski definition) is 3. The zero-order valence-electron chi connectivity index (χ0n) is 18.3. The first-order chi connectivity index (χ1) is 16.4. The van der Waals surface area contributed by atoms with Gasteiger partial charge in [0.05, 0.1) is 15.7 Å². The van der Waals surface area contributed by atoms with Crippen molar-refractivity contribution >= 4 is 39.3 Å². The van der Waals surface area contributed by atoms with Crippen LogP contribution in [0.2, 0.25) is 0 Å². The Morgan fingerprint density at radius 2 is 1.88 bits per heavy atom. The first-order valence-electron chi connectivity index (χ1n) is 10.2. The number of hydrogen-bond acceptors (Lipinski definition) is 6. The monoisotopic (exact) mass is 522 g/mol. The van der Waals surface area contributed by atoms with Crippen molar-refractivity contribution in [3.63, 3.8) is 0 Å². The summed E-state index contributed by atoms with van der Waals surface area (Å²) >= 11 is 3.08. The first kappa shape index (κ1) is 23.1. The summed E-state index contributed by atoms with van der Waals surface area (Å²) in [4.78, 5) is 25.3. The van der Waals surface area contributed by atoms with Gasteiger partial charge >= 0.3 is 6.03 Å². The van der Waals surface area contributed by atoms with Gasteiger partial charge in [0.1, 0.15) is 11.6 Å². The number of benzene rings is 2. The molecule has 0 aliphatic heterocycles. The number of pyridine rings is 1. The molecule has 0 spiro atoms. The quantitative estimate of drug-likeness (QED) is 0.277. The number of nitrogens with one attached hydrogen (secondary N) is 3. The lowest BCUT2D eigenvalue weighted by Gasteiger charge is -2.13. The molecule has 2 heterocycles. The minimum atomic E-state index is -0.491. The molecule has 34 heavy (non-hydrogen) atoms. The van der Waals surface area contributed by atoms with Crippen molar-refractivity contribution in [3.05, 3.63) is 82.8 Å². The van der Waals surface area contributed by atoms with Gasteiger partial charge in [0.25, 0.3) is 0 Å². The Labute approximate surface area is 203 Å². The van der Waals surface area contributed by atoms with E-state index in [1.807, 2.05) is 13.0 Å². The molecule has 0 aliphatic rings. The van der Waals surface area contributed by atoms with Crippen LogP contribution in [0.4, 0.5) is 26.5 Å². The number of urea groups is 1. The van der Waals surface area contributed by atoms with Crippen LogP contribution in [-0.2, 0) is 0 Å². The van der Waals surface area contributed by atoms with E-state index in [4.69, 9.17) is 4.74 Å². The van der Waals surface area contributed by atoms with Crippen LogP contribution in [0, 0.1) is 12.7 Å². The van der Waals surface area contributed by atoms with Crippen LogP contribution in [0.25, 0.3) is 11.3 Å². The average Bonchev–Trinajstić information content (AvgIpc) is 2.83. The fourth-order valence-corrected chi connectivity index (χ4v) is 3.35. The number of aromatic nitrogens is 3. The lowest BCUT2D eigenvalue weighted by Crippen LogP contribution is -2.20. The molecule has 3 N–H and O–H groups in total. The molecule has 0 unspecified atom stereocenters. The maximum Gasteiger partial charge on any atom is 0.323 e. The summed E-state index contributed by atoms with van der Waals surface area (Å²) in [6, 6.07) is 14.5. The smallest absolute Gasteiger partial charge is 0.323 e. The van der Waals surface area contributed by atoms with Crippen molar-refractivity contribution < 1.29 is 13.9 Å². The topological polar surface area (TPSA) is 101 Å². The number of rotatable bonds is 6. The van der Waals surface area contributed by atoms with Gasteiger partial charge in [0.2, 0.25) is 11.8 Å². The summed E-state index contributed by atoms with van der Waals surface area (Å²) < 4.78 is 20.0. The number of carbonyl (C=O) groups excluding carboxylic acids is 1. The predicted octanol–water partition coefficient (Wildman–Crippen LogP) is 6.23. The average molecular weight is 523 g/mol. The molecule has 0 radical (unpaired) electrons. The molecule has 0 fully saturated rings. The summed E-state index contributed by atoms with van der Waals surface area (Å²) in [6.07, 6.45) is 3.29. The summed E-state index contributed by atoms with van der Waals surface area (Å²) in [5.41, 5.74) is 3.07. The maximum absolute atomic E-state index is 13.7. The van der Waals surface area contributed by atoms with Crippen LogP contribution in [-0.4, -0.2) is 28.0 Å². The molecular weight excluding hydrogens is 503 g/mol. The van der Waals surface area contributed by atoms with Crippen LogP contribution in [0.15, 0.2) is 71.5 Å². The summed E-state index contributed by atoms with van der Waals surface area (Å²) in [5.74, 6) is 0.955. The molecule has 2 aromatic heterocycles. The molecule has 172 valence electrons. The summed E-state index contributed by atoms with van der Waals surface area (Å²) in [7, 11) is 1.75. The second-order valence-electron chi connectivity index (χ2n) is 7.16. The number of halogens is 2. The minimum absolute atomic E-state index is 0.322. The second kappa shape index (κ2) is 10.3. The molecule has 0 aliphatic carbocycles. The number of anilines is 3. The van der Waals surface area contributed by atoms with E-state index in [0.29, 0.717) is 44.7 Å². The highest BCUT2D eigenvalue weighted by Gasteiger charge is 2.13. The van der Waals surface area contributed by atoms with E-state index in [1.54, 1.807) is 55.8 Å². The van der Waals surface area contributed by atoms with Crippen LogP contribution in [0.5, 0.6) is 11.6 Å². The van der Waals surface area contributed by atoms with E-state index in [0.717, 1.165) is 5.56 Å². The van der Waals surface area contributed by atoms with Crippen LogP contribution in [0.1, 0.15) is 5.56 Å². The lowest BCUT2D eigenvalue weighted by molar-refractivity contribution is 0.262. The van der Waals surface area contributed by atoms with E-state index >= 15 is 0 Å². The van der Waals surface area contributed by atoms with Crippen LogP contribution >= 0.6 is 15.9 Å². The number of carbonyl (C=O) groups is 1. The second-order valence-corrected chi connectivity index (χ2v) is 8.01. The van der Waals surface area contributed by atoms with Crippen LogP contribution in [0.3, 0.4) is 0 Å². The number of nitrogens with zero attached hydrogens (tertiary/aromatic N) is 3. The Bertz CT molecular complexity index is 1350. The van der Waals surface area contributed by atoms with Crippen molar-refractivity contribution in [2.24, 2.45) is 0 Å². The lowest BCUT2D eigenvalue weighted by atomic mass is 10.2. The van der Waals surface area contributed by atoms with E-state index in [1.165, 1.54) is 12.1 Å². The summed E-state index contributed by atoms with van der Waals surface area (Å²) in [5, 5.41) is 8.27. The number of aryl methyl sites for hydroxylation is 1. The van der Waals surface area contributed by atoms with Crippen LogP contribution < -0.4 is 20.7 Å². The highest BCUT2D eigenvalue weighted by atomic mass is 79.9. The Morgan fingerprint density at radius 1 is 1.03 bits per heavy atom. The summed E-state index contributed by atoms with van der Waals surface area (Å²) in [6.45, 7) is 1.84. The zero-order valence-corrected chi connectivity index (χ0v) is 19.9. The molecule has 0 saturated heterocycles. The first-order valence-corrected chi connectivity index (χ1v) is 11.0. The Morgan fingerprint density at radius 3 is 2.65 bits per heavy atom. The molecule has 8 nitrogen and oxygen atoms in total. The van der Waals surface area contributed by atoms with E-state index in [-0.39, 0.29) is 0 Å². The van der Waals surface area contributed by atoms with E-state index in [9.17, 15) is 9.18 Å². The van der Waals surface area contributed by atoms with Gasteiger partial charge in [-0.05, 0) is 83.0 Å². The van der Waals surface area contributed by atoms with Crippen molar-refractivity contribution in [1.29, 1.82) is 0 Å². The highest BCUT2D eigenvalue weighted by Crippen LogP contribution is 2.32. The van der Waals surface area contributed by atoms with Gasteiger partial charge < -0.3 is 20.7 Å². The normalized spacial score (nSPS) is 10.5. The predicted molar refractivity (Wildman–Crippen MR) is 133 cm³/mol. The molecule has 4 aromatic rings. The van der Waals surface area contributed by atoms with Crippen molar-refractivity contribution in [2.45, 2.75) is 6.92 Å². The van der Waals surface area contributed by atoms with Gasteiger partial charge in [-0.2, -0.15) is 0 Å². The third-order valence-corrected chi connectivity index (χ3v) is 5.41. The fraction of sp³-hybridized carbons (Fsp3) is 0.0833. The molecule has 0 saturated carbocycles. The maximum atomic E-state index is 13.7. The van der Waals surface area contributed by atoms with E-state index < -0.39 is 11.8 Å². The van der Waals surface area contributed by atoms with Crippen molar-refractivity contribution in [1.82, 2.24) is 15.0 Å². The molecular formula is C24H20BrFN6O2.